The molecular weight excluding hydrogens is 314 g/mol. The van der Waals surface area contributed by atoms with Gasteiger partial charge in [-0.15, -0.1) is 0 Å². The maximum atomic E-state index is 12.2. The lowest BCUT2D eigenvalue weighted by Crippen LogP contribution is -2.42. The van der Waals surface area contributed by atoms with Gasteiger partial charge in [-0.05, 0) is 32.5 Å². The van der Waals surface area contributed by atoms with Crippen LogP contribution in [0, 0.1) is 0 Å². The zero-order chi connectivity index (χ0) is 16.8. The number of nitrogens with one attached hydrogen (secondary N) is 2. The molecule has 1 aromatic heterocycles. The maximum Gasteiger partial charge on any atom is 0.238 e. The van der Waals surface area contributed by atoms with Gasteiger partial charge in [-0.3, -0.25) is 14.5 Å². The van der Waals surface area contributed by atoms with Crippen molar-refractivity contribution < 1.29 is 9.59 Å². The SMILES string of the molecule is CCN(CC(=O)Nc1cccc2nsnc12)CC(=O)NC(C)C. The summed E-state index contributed by atoms with van der Waals surface area (Å²) in [6.45, 7) is 6.69. The molecule has 0 aliphatic heterocycles. The Hall–Kier alpha value is -2.06. The quantitative estimate of drug-likeness (QED) is 0.800. The Morgan fingerprint density at radius 1 is 1.22 bits per heavy atom. The van der Waals surface area contributed by atoms with Crippen molar-refractivity contribution >= 4 is 40.3 Å². The van der Waals surface area contributed by atoms with Crippen LogP contribution in [0.4, 0.5) is 5.69 Å². The van der Waals surface area contributed by atoms with E-state index in [-0.39, 0.29) is 30.9 Å². The molecule has 0 saturated carbocycles. The number of nitrogens with zero attached hydrogens (tertiary/aromatic N) is 3. The van der Waals surface area contributed by atoms with Gasteiger partial charge < -0.3 is 10.6 Å². The van der Waals surface area contributed by atoms with Crippen LogP contribution < -0.4 is 10.6 Å². The molecule has 0 bridgehead atoms. The molecule has 8 heteroatoms. The Morgan fingerprint density at radius 2 is 1.96 bits per heavy atom. The second-order valence-corrected chi connectivity index (χ2v) is 6.04. The third-order valence-electron chi connectivity index (χ3n) is 3.19. The first-order valence-corrected chi connectivity index (χ1v) is 8.25. The minimum absolute atomic E-state index is 0.0829. The monoisotopic (exact) mass is 335 g/mol. The van der Waals surface area contributed by atoms with E-state index in [1.807, 2.05) is 32.9 Å². The van der Waals surface area contributed by atoms with Crippen LogP contribution >= 0.6 is 11.7 Å². The minimum Gasteiger partial charge on any atom is -0.353 e. The molecule has 23 heavy (non-hydrogen) atoms. The van der Waals surface area contributed by atoms with E-state index in [1.165, 1.54) is 0 Å². The van der Waals surface area contributed by atoms with Crippen LogP contribution in [0.25, 0.3) is 11.0 Å². The number of amides is 2. The molecule has 1 aromatic carbocycles. The molecule has 0 saturated heterocycles. The highest BCUT2D eigenvalue weighted by Gasteiger charge is 2.15. The molecule has 2 aromatic rings. The molecule has 2 N–H and O–H groups in total. The van der Waals surface area contributed by atoms with E-state index in [2.05, 4.69) is 19.4 Å². The summed E-state index contributed by atoms with van der Waals surface area (Å²) in [6.07, 6.45) is 0. The maximum absolute atomic E-state index is 12.2. The number of likely N-dealkylation sites (N-methyl/N-ethyl adjacent to an activating group) is 1. The number of carbonyl (C=O) groups is 2. The Labute approximate surface area is 139 Å². The Bertz CT molecular complexity index is 685. The van der Waals surface area contributed by atoms with E-state index in [0.29, 0.717) is 17.7 Å². The van der Waals surface area contributed by atoms with E-state index in [9.17, 15) is 9.59 Å². The zero-order valence-electron chi connectivity index (χ0n) is 13.5. The van der Waals surface area contributed by atoms with Gasteiger partial charge in [0.1, 0.15) is 11.0 Å². The van der Waals surface area contributed by atoms with Crippen LogP contribution in [-0.2, 0) is 9.59 Å². The van der Waals surface area contributed by atoms with Crippen molar-refractivity contribution in [1.82, 2.24) is 19.0 Å². The fraction of sp³-hybridized carbons (Fsp3) is 0.467. The predicted molar refractivity (Wildman–Crippen MR) is 91.4 cm³/mol. The molecule has 0 spiro atoms. The van der Waals surface area contributed by atoms with E-state index in [4.69, 9.17) is 0 Å². The molecule has 0 unspecified atom stereocenters. The van der Waals surface area contributed by atoms with Crippen molar-refractivity contribution in [2.75, 3.05) is 25.0 Å². The largest absolute Gasteiger partial charge is 0.353 e. The predicted octanol–water partition coefficient (Wildman–Crippen LogP) is 1.48. The lowest BCUT2D eigenvalue weighted by Gasteiger charge is -2.20. The zero-order valence-corrected chi connectivity index (χ0v) is 14.3. The number of hydrogen-bond acceptors (Lipinski definition) is 6. The highest BCUT2D eigenvalue weighted by Crippen LogP contribution is 2.20. The van der Waals surface area contributed by atoms with Crippen LogP contribution in [0.2, 0.25) is 0 Å². The number of carbonyl (C=O) groups excluding carboxylic acids is 2. The Kier molecular flexibility index (Phi) is 6.00. The summed E-state index contributed by atoms with van der Waals surface area (Å²) in [5, 5.41) is 5.66. The second kappa shape index (κ2) is 7.98. The van der Waals surface area contributed by atoms with E-state index in [0.717, 1.165) is 17.2 Å². The van der Waals surface area contributed by atoms with Crippen LogP contribution in [0.5, 0.6) is 0 Å². The standard InChI is InChI=1S/C15H21N5O2S/c1-4-20(8-13(21)16-10(2)3)9-14(22)17-11-6-5-7-12-15(11)19-23-18-12/h5-7,10H,4,8-9H2,1-3H3,(H,16,21)(H,17,22). The first-order valence-electron chi connectivity index (χ1n) is 7.52. The number of anilines is 1. The van der Waals surface area contributed by atoms with E-state index in [1.54, 1.807) is 11.0 Å². The van der Waals surface area contributed by atoms with Gasteiger partial charge >= 0.3 is 0 Å². The van der Waals surface area contributed by atoms with Crippen molar-refractivity contribution in [2.24, 2.45) is 0 Å². The molecule has 0 atom stereocenters. The Morgan fingerprint density at radius 3 is 2.65 bits per heavy atom. The molecule has 124 valence electrons. The second-order valence-electron chi connectivity index (χ2n) is 5.51. The third kappa shape index (κ3) is 4.97. The number of aromatic nitrogens is 2. The van der Waals surface area contributed by atoms with Crippen LogP contribution in [-0.4, -0.2) is 51.1 Å². The average molecular weight is 335 g/mol. The van der Waals surface area contributed by atoms with Crippen molar-refractivity contribution in [2.45, 2.75) is 26.8 Å². The minimum atomic E-state index is -0.176. The van der Waals surface area contributed by atoms with Crippen LogP contribution in [0.1, 0.15) is 20.8 Å². The number of hydrogen-bond donors (Lipinski definition) is 2. The van der Waals surface area contributed by atoms with Gasteiger partial charge in [0.05, 0.1) is 30.5 Å². The molecule has 7 nitrogen and oxygen atoms in total. The summed E-state index contributed by atoms with van der Waals surface area (Å²) >= 11 is 1.11. The van der Waals surface area contributed by atoms with Gasteiger partial charge in [0.15, 0.2) is 0 Å². The smallest absolute Gasteiger partial charge is 0.238 e. The van der Waals surface area contributed by atoms with Crippen LogP contribution in [0.15, 0.2) is 18.2 Å². The topological polar surface area (TPSA) is 87.2 Å². The number of benzene rings is 1. The molecule has 0 aliphatic carbocycles. The molecule has 1 heterocycles. The van der Waals surface area contributed by atoms with Crippen molar-refractivity contribution in [3.63, 3.8) is 0 Å². The van der Waals surface area contributed by atoms with Crippen molar-refractivity contribution in [3.8, 4) is 0 Å². The summed E-state index contributed by atoms with van der Waals surface area (Å²) in [5.74, 6) is -0.259. The summed E-state index contributed by atoms with van der Waals surface area (Å²) in [7, 11) is 0. The molecule has 2 rings (SSSR count). The van der Waals surface area contributed by atoms with Crippen molar-refractivity contribution in [3.05, 3.63) is 18.2 Å². The normalized spacial score (nSPS) is 11.2. The number of fused-ring (bicyclic) bond motifs is 1. The first kappa shape index (κ1) is 17.3. The summed E-state index contributed by atoms with van der Waals surface area (Å²) in [5.41, 5.74) is 2.09. The highest BCUT2D eigenvalue weighted by molar-refractivity contribution is 7.00. The number of rotatable bonds is 7. The van der Waals surface area contributed by atoms with Gasteiger partial charge in [0, 0.05) is 6.04 Å². The fourth-order valence-corrected chi connectivity index (χ4v) is 2.70. The van der Waals surface area contributed by atoms with Gasteiger partial charge in [0.2, 0.25) is 11.8 Å². The average Bonchev–Trinajstić information content (AvgIpc) is 2.95. The summed E-state index contributed by atoms with van der Waals surface area (Å²) < 4.78 is 8.34. The molecule has 0 aliphatic rings. The van der Waals surface area contributed by atoms with Crippen LogP contribution in [0.3, 0.4) is 0 Å². The Balaban J connectivity index is 1.95. The van der Waals surface area contributed by atoms with E-state index >= 15 is 0 Å². The van der Waals surface area contributed by atoms with E-state index < -0.39 is 0 Å². The summed E-state index contributed by atoms with van der Waals surface area (Å²) in [4.78, 5) is 25.8. The molecule has 0 radical (unpaired) electrons. The lowest BCUT2D eigenvalue weighted by atomic mass is 10.2. The lowest BCUT2D eigenvalue weighted by molar-refractivity contribution is -0.123. The molecule has 2 amide bonds. The van der Waals surface area contributed by atoms with Gasteiger partial charge in [-0.25, -0.2) is 0 Å². The van der Waals surface area contributed by atoms with Gasteiger partial charge in [-0.1, -0.05) is 13.0 Å². The molecular formula is C15H21N5O2S. The molecule has 0 fully saturated rings. The fourth-order valence-electron chi connectivity index (χ4n) is 2.15. The van der Waals surface area contributed by atoms with Crippen molar-refractivity contribution in [1.29, 1.82) is 0 Å². The highest BCUT2D eigenvalue weighted by atomic mass is 32.1. The summed E-state index contributed by atoms with van der Waals surface area (Å²) in [6, 6.07) is 5.56. The van der Waals surface area contributed by atoms with Gasteiger partial charge in [0.25, 0.3) is 0 Å². The third-order valence-corrected chi connectivity index (χ3v) is 3.73. The van der Waals surface area contributed by atoms with Gasteiger partial charge in [-0.2, -0.15) is 8.75 Å². The first-order chi connectivity index (χ1) is 11.0.